The molecule has 1 atom stereocenters. The molecule has 0 spiro atoms. The fourth-order valence-corrected chi connectivity index (χ4v) is 2.54. The molecule has 0 bridgehead atoms. The number of aliphatic hydroxyl groups is 1. The summed E-state index contributed by atoms with van der Waals surface area (Å²) in [6, 6.07) is 12.8. The van der Waals surface area contributed by atoms with Crippen LogP contribution in [0.1, 0.15) is 31.1 Å². The summed E-state index contributed by atoms with van der Waals surface area (Å²) in [4.78, 5) is 35.6. The quantitative estimate of drug-likeness (QED) is 0.626. The van der Waals surface area contributed by atoms with Gasteiger partial charge in [-0.25, -0.2) is 9.59 Å². The van der Waals surface area contributed by atoms with Gasteiger partial charge in [-0.3, -0.25) is 10.1 Å². The molecule has 30 heavy (non-hydrogen) atoms. The Balaban J connectivity index is 2.03. The number of rotatable bonds is 6. The lowest BCUT2D eigenvalue weighted by Crippen LogP contribution is -2.44. The van der Waals surface area contributed by atoms with Crippen LogP contribution in [0.3, 0.4) is 0 Å². The molecule has 2 amide bonds. The van der Waals surface area contributed by atoms with E-state index in [1.54, 1.807) is 57.2 Å². The van der Waals surface area contributed by atoms with Crippen LogP contribution in [0.5, 0.6) is 0 Å². The molecule has 0 fully saturated rings. The molecule has 0 saturated carbocycles. The van der Waals surface area contributed by atoms with Crippen LogP contribution >= 0.6 is 0 Å². The van der Waals surface area contributed by atoms with Gasteiger partial charge in [-0.2, -0.15) is 0 Å². The third-order valence-corrected chi connectivity index (χ3v) is 3.98. The van der Waals surface area contributed by atoms with Crippen molar-refractivity contribution in [1.82, 2.24) is 5.32 Å². The Morgan fingerprint density at radius 2 is 1.50 bits per heavy atom. The number of aliphatic hydroxyl groups excluding tert-OH is 1. The molecule has 3 N–H and O–H groups in total. The second-order valence-electron chi connectivity index (χ2n) is 7.51. The van der Waals surface area contributed by atoms with Crippen molar-refractivity contribution in [3.05, 3.63) is 54.1 Å². The fraction of sp³-hybridized carbons (Fsp3) is 0.318. The second kappa shape index (κ2) is 9.89. The maximum atomic E-state index is 12.2. The van der Waals surface area contributed by atoms with Crippen molar-refractivity contribution in [3.63, 3.8) is 0 Å². The molecule has 0 aliphatic carbocycles. The predicted molar refractivity (Wildman–Crippen MR) is 112 cm³/mol. The molecule has 2 aromatic carbocycles. The van der Waals surface area contributed by atoms with E-state index in [0.717, 1.165) is 11.1 Å². The summed E-state index contributed by atoms with van der Waals surface area (Å²) >= 11 is 0. The number of hydrogen-bond acceptors (Lipinski definition) is 6. The lowest BCUT2D eigenvalue weighted by molar-refractivity contribution is -0.143. The molecule has 0 aromatic heterocycles. The average molecular weight is 414 g/mol. The van der Waals surface area contributed by atoms with Gasteiger partial charge in [-0.05, 0) is 56.2 Å². The maximum Gasteiger partial charge on any atom is 0.412 e. The standard InChI is InChI=1S/C22H26N2O6/c1-22(2,3)30-21(28)23-17-11-9-15(10-12-17)14-5-7-16(8-6-14)19(26)24-18(13-25)20(27)29-4/h5-12,18,25H,13H2,1-4H3,(H,23,28)(H,24,26)/t18-/m0/s1. The summed E-state index contributed by atoms with van der Waals surface area (Å²) in [5.74, 6) is -1.22. The van der Waals surface area contributed by atoms with Gasteiger partial charge < -0.3 is 19.9 Å². The number of methoxy groups -OCH3 is 1. The zero-order valence-corrected chi connectivity index (χ0v) is 17.4. The van der Waals surface area contributed by atoms with Crippen LogP contribution in [0.4, 0.5) is 10.5 Å². The summed E-state index contributed by atoms with van der Waals surface area (Å²) < 4.78 is 9.74. The number of carbonyl (C=O) groups is 3. The van der Waals surface area contributed by atoms with Crippen molar-refractivity contribution in [2.75, 3.05) is 19.0 Å². The Morgan fingerprint density at radius 3 is 1.97 bits per heavy atom. The van der Waals surface area contributed by atoms with Crippen molar-refractivity contribution in [2.45, 2.75) is 32.4 Å². The molecular formula is C22H26N2O6. The molecule has 160 valence electrons. The van der Waals surface area contributed by atoms with Gasteiger partial charge in [0, 0.05) is 11.3 Å². The van der Waals surface area contributed by atoms with Gasteiger partial charge in [0.25, 0.3) is 5.91 Å². The van der Waals surface area contributed by atoms with E-state index in [1.807, 2.05) is 12.1 Å². The normalized spacial score (nSPS) is 11.9. The van der Waals surface area contributed by atoms with Crippen LogP contribution in [0.25, 0.3) is 11.1 Å². The van der Waals surface area contributed by atoms with Gasteiger partial charge in [-0.1, -0.05) is 24.3 Å². The van der Waals surface area contributed by atoms with Gasteiger partial charge >= 0.3 is 12.1 Å². The number of esters is 1. The highest BCUT2D eigenvalue weighted by atomic mass is 16.6. The number of hydrogen-bond donors (Lipinski definition) is 3. The SMILES string of the molecule is COC(=O)[C@H](CO)NC(=O)c1ccc(-c2ccc(NC(=O)OC(C)(C)C)cc2)cc1. The Morgan fingerprint density at radius 1 is 0.967 bits per heavy atom. The molecule has 8 nitrogen and oxygen atoms in total. The van der Waals surface area contributed by atoms with Crippen molar-refractivity contribution in [1.29, 1.82) is 0 Å². The third kappa shape index (κ3) is 6.59. The van der Waals surface area contributed by atoms with Gasteiger partial charge in [0.2, 0.25) is 0 Å². The van der Waals surface area contributed by atoms with E-state index in [0.29, 0.717) is 11.3 Å². The number of nitrogens with one attached hydrogen (secondary N) is 2. The van der Waals surface area contributed by atoms with Crippen molar-refractivity contribution < 1.29 is 29.0 Å². The molecule has 0 unspecified atom stereocenters. The monoisotopic (exact) mass is 414 g/mol. The van der Waals surface area contributed by atoms with Gasteiger partial charge in [-0.15, -0.1) is 0 Å². The molecule has 2 rings (SSSR count). The highest BCUT2D eigenvalue weighted by Crippen LogP contribution is 2.22. The van der Waals surface area contributed by atoms with Gasteiger partial charge in [0.05, 0.1) is 13.7 Å². The minimum Gasteiger partial charge on any atom is -0.467 e. The number of benzene rings is 2. The predicted octanol–water partition coefficient (Wildman–Crippen LogP) is 2.96. The van der Waals surface area contributed by atoms with Crippen LogP contribution in [0.2, 0.25) is 0 Å². The molecule has 0 aliphatic rings. The highest BCUT2D eigenvalue weighted by Gasteiger charge is 2.21. The maximum absolute atomic E-state index is 12.2. The minimum absolute atomic E-state index is 0.337. The van der Waals surface area contributed by atoms with Crippen LogP contribution < -0.4 is 10.6 Å². The molecule has 0 heterocycles. The zero-order chi connectivity index (χ0) is 22.3. The van der Waals surface area contributed by atoms with E-state index in [-0.39, 0.29) is 0 Å². The van der Waals surface area contributed by atoms with Crippen molar-refractivity contribution in [2.24, 2.45) is 0 Å². The summed E-state index contributed by atoms with van der Waals surface area (Å²) in [6.07, 6.45) is -0.529. The highest BCUT2D eigenvalue weighted by molar-refractivity contribution is 5.97. The number of anilines is 1. The Bertz CT molecular complexity index is 885. The minimum atomic E-state index is -1.12. The zero-order valence-electron chi connectivity index (χ0n) is 17.4. The molecule has 0 aliphatic heterocycles. The number of carbonyl (C=O) groups excluding carboxylic acids is 3. The number of ether oxygens (including phenoxy) is 2. The van der Waals surface area contributed by atoms with Crippen LogP contribution in [-0.4, -0.2) is 48.4 Å². The fourth-order valence-electron chi connectivity index (χ4n) is 2.54. The first kappa shape index (κ1) is 22.9. The third-order valence-electron chi connectivity index (χ3n) is 3.98. The summed E-state index contributed by atoms with van der Waals surface area (Å²) in [5, 5.41) is 14.3. The smallest absolute Gasteiger partial charge is 0.412 e. The summed E-state index contributed by atoms with van der Waals surface area (Å²) in [5.41, 5.74) is 2.11. The van der Waals surface area contributed by atoms with Gasteiger partial charge in [0.1, 0.15) is 5.60 Å². The Hall–Kier alpha value is -3.39. The van der Waals surface area contributed by atoms with E-state index in [1.165, 1.54) is 7.11 Å². The second-order valence-corrected chi connectivity index (χ2v) is 7.51. The average Bonchev–Trinajstić information content (AvgIpc) is 2.70. The number of amides is 2. The van der Waals surface area contributed by atoms with Crippen LogP contribution in [0.15, 0.2) is 48.5 Å². The first-order valence-corrected chi connectivity index (χ1v) is 9.33. The summed E-state index contributed by atoms with van der Waals surface area (Å²) in [6.45, 7) is 4.82. The van der Waals surface area contributed by atoms with E-state index in [9.17, 15) is 19.5 Å². The van der Waals surface area contributed by atoms with E-state index < -0.39 is 36.2 Å². The van der Waals surface area contributed by atoms with Crippen LogP contribution in [-0.2, 0) is 14.3 Å². The summed E-state index contributed by atoms with van der Waals surface area (Å²) in [7, 11) is 1.18. The largest absolute Gasteiger partial charge is 0.467 e. The molecule has 0 radical (unpaired) electrons. The lowest BCUT2D eigenvalue weighted by atomic mass is 10.0. The molecular weight excluding hydrogens is 388 g/mol. The van der Waals surface area contributed by atoms with E-state index in [4.69, 9.17) is 4.74 Å². The van der Waals surface area contributed by atoms with E-state index in [2.05, 4.69) is 15.4 Å². The van der Waals surface area contributed by atoms with Crippen molar-refractivity contribution >= 4 is 23.7 Å². The Kier molecular flexibility index (Phi) is 7.54. The first-order chi connectivity index (χ1) is 14.1. The molecule has 8 heteroatoms. The molecule has 0 saturated heterocycles. The Labute approximate surface area is 175 Å². The first-order valence-electron chi connectivity index (χ1n) is 9.33. The topological polar surface area (TPSA) is 114 Å². The van der Waals surface area contributed by atoms with Crippen LogP contribution in [0, 0.1) is 0 Å². The van der Waals surface area contributed by atoms with E-state index >= 15 is 0 Å². The van der Waals surface area contributed by atoms with Crippen molar-refractivity contribution in [3.8, 4) is 11.1 Å². The lowest BCUT2D eigenvalue weighted by Gasteiger charge is -2.19. The van der Waals surface area contributed by atoms with Gasteiger partial charge in [0.15, 0.2) is 6.04 Å². The molecule has 2 aromatic rings.